The molecule has 0 bridgehead atoms. The van der Waals surface area contributed by atoms with E-state index >= 15 is 0 Å². The molecule has 0 fully saturated rings. The number of hydrogen-bond acceptors (Lipinski definition) is 4. The van der Waals surface area contributed by atoms with Gasteiger partial charge in [0.05, 0.1) is 16.6 Å². The van der Waals surface area contributed by atoms with Gasteiger partial charge in [-0.05, 0) is 41.5 Å². The van der Waals surface area contributed by atoms with Crippen LogP contribution in [0.15, 0.2) is 47.4 Å². The first-order valence-electron chi connectivity index (χ1n) is 7.88. The number of hydrogen-bond donors (Lipinski definition) is 1. The summed E-state index contributed by atoms with van der Waals surface area (Å²) in [4.78, 5) is 17.9. The summed E-state index contributed by atoms with van der Waals surface area (Å²) in [5.41, 5.74) is 3.23. The number of carbonyl (C=O) groups excluding carboxylic acids is 1. The third-order valence-corrected chi connectivity index (χ3v) is 5.51. The minimum atomic E-state index is -0.0311. The zero-order valence-electron chi connectivity index (χ0n) is 14.0. The Bertz CT molecular complexity index is 853. The van der Waals surface area contributed by atoms with E-state index in [2.05, 4.69) is 54.7 Å². The van der Waals surface area contributed by atoms with Crippen LogP contribution in [0.3, 0.4) is 0 Å². The average Bonchev–Trinajstić information content (AvgIpc) is 2.96. The predicted octanol–water partition coefficient (Wildman–Crippen LogP) is 5.32. The first kappa shape index (κ1) is 17.0. The lowest BCUT2D eigenvalue weighted by atomic mass is 10.0. The van der Waals surface area contributed by atoms with Crippen LogP contribution in [0, 0.1) is 0 Å². The highest BCUT2D eigenvalue weighted by Gasteiger charge is 2.09. The van der Waals surface area contributed by atoms with E-state index in [4.69, 9.17) is 0 Å². The Balaban J connectivity index is 1.68. The number of carbonyl (C=O) groups is 1. The maximum Gasteiger partial charge on any atom is 0.230 e. The molecule has 5 heteroatoms. The van der Waals surface area contributed by atoms with E-state index in [1.807, 2.05) is 18.2 Å². The van der Waals surface area contributed by atoms with Crippen LogP contribution in [0.1, 0.15) is 30.9 Å². The summed E-state index contributed by atoms with van der Waals surface area (Å²) in [6.07, 6.45) is 2.42. The highest BCUT2D eigenvalue weighted by atomic mass is 32.2. The van der Waals surface area contributed by atoms with Crippen molar-refractivity contribution in [3.63, 3.8) is 0 Å². The number of nitrogens with one attached hydrogen (secondary N) is 1. The van der Waals surface area contributed by atoms with Gasteiger partial charge in [0.25, 0.3) is 0 Å². The van der Waals surface area contributed by atoms with Gasteiger partial charge >= 0.3 is 0 Å². The number of aromatic nitrogens is 1. The number of nitrogens with zero attached hydrogens (tertiary/aromatic N) is 1. The molecule has 124 valence electrons. The fourth-order valence-electron chi connectivity index (χ4n) is 2.45. The van der Waals surface area contributed by atoms with Crippen molar-refractivity contribution in [3.8, 4) is 0 Å². The topological polar surface area (TPSA) is 42.0 Å². The molecule has 0 unspecified atom stereocenters. The number of thioether (sulfide) groups is 1. The number of benzene rings is 2. The zero-order chi connectivity index (χ0) is 17.1. The van der Waals surface area contributed by atoms with E-state index in [1.54, 1.807) is 11.8 Å². The van der Waals surface area contributed by atoms with E-state index in [-0.39, 0.29) is 5.91 Å². The lowest BCUT2D eigenvalue weighted by molar-refractivity contribution is -0.115. The van der Waals surface area contributed by atoms with Gasteiger partial charge in [0, 0.05) is 4.90 Å². The molecule has 2 aromatic carbocycles. The molecule has 0 saturated carbocycles. The molecule has 1 amide bonds. The summed E-state index contributed by atoms with van der Waals surface area (Å²) in [5.74, 6) is 0.471. The van der Waals surface area contributed by atoms with Gasteiger partial charge in [-0.15, -0.1) is 11.8 Å². The SMILES string of the molecule is CSc1ccc2nc(NC(=O)Cc3ccc(C(C)C)cc3)sc2c1. The first-order chi connectivity index (χ1) is 11.5. The predicted molar refractivity (Wildman–Crippen MR) is 104 cm³/mol. The third-order valence-electron chi connectivity index (χ3n) is 3.85. The van der Waals surface area contributed by atoms with E-state index in [1.165, 1.54) is 21.8 Å². The minimum Gasteiger partial charge on any atom is -0.302 e. The van der Waals surface area contributed by atoms with Crippen molar-refractivity contribution >= 4 is 44.4 Å². The molecule has 0 atom stereocenters. The Kier molecular flexibility index (Phi) is 5.21. The Hall–Kier alpha value is -1.85. The van der Waals surface area contributed by atoms with E-state index in [0.29, 0.717) is 17.5 Å². The van der Waals surface area contributed by atoms with Gasteiger partial charge in [-0.1, -0.05) is 49.4 Å². The molecule has 1 aromatic heterocycles. The van der Waals surface area contributed by atoms with Gasteiger partial charge in [0.2, 0.25) is 5.91 Å². The van der Waals surface area contributed by atoms with Crippen molar-refractivity contribution in [1.29, 1.82) is 0 Å². The van der Waals surface area contributed by atoms with Gasteiger partial charge in [-0.3, -0.25) is 4.79 Å². The number of rotatable bonds is 5. The molecule has 24 heavy (non-hydrogen) atoms. The molecule has 0 saturated heterocycles. The van der Waals surface area contributed by atoms with Gasteiger partial charge in [0.1, 0.15) is 0 Å². The van der Waals surface area contributed by atoms with Crippen LogP contribution in [-0.4, -0.2) is 17.1 Å². The molecule has 1 N–H and O–H groups in total. The molecule has 3 nitrogen and oxygen atoms in total. The largest absolute Gasteiger partial charge is 0.302 e. The second-order valence-electron chi connectivity index (χ2n) is 5.97. The van der Waals surface area contributed by atoms with E-state index < -0.39 is 0 Å². The average molecular weight is 357 g/mol. The summed E-state index contributed by atoms with van der Waals surface area (Å²) in [7, 11) is 0. The molecule has 0 radical (unpaired) electrons. The van der Waals surface area contributed by atoms with Crippen LogP contribution in [-0.2, 0) is 11.2 Å². The van der Waals surface area contributed by atoms with Crippen molar-refractivity contribution in [2.75, 3.05) is 11.6 Å². The summed E-state index contributed by atoms with van der Waals surface area (Å²) in [6, 6.07) is 14.4. The molecule has 0 aliphatic heterocycles. The van der Waals surface area contributed by atoms with Crippen LogP contribution in [0.5, 0.6) is 0 Å². The molecular formula is C19H20N2OS2. The van der Waals surface area contributed by atoms with E-state index in [0.717, 1.165) is 15.8 Å². The van der Waals surface area contributed by atoms with Crippen LogP contribution in [0.2, 0.25) is 0 Å². The molecule has 0 aliphatic rings. The molecule has 1 heterocycles. The summed E-state index contributed by atoms with van der Waals surface area (Å²) in [5, 5.41) is 3.58. The van der Waals surface area contributed by atoms with Crippen LogP contribution < -0.4 is 5.32 Å². The Labute approximate surface area is 150 Å². The highest BCUT2D eigenvalue weighted by Crippen LogP contribution is 2.29. The second kappa shape index (κ2) is 7.36. The van der Waals surface area contributed by atoms with Crippen molar-refractivity contribution in [2.24, 2.45) is 0 Å². The monoisotopic (exact) mass is 356 g/mol. The lowest BCUT2D eigenvalue weighted by Gasteiger charge is -2.06. The normalized spacial score (nSPS) is 11.2. The Morgan fingerprint density at radius 3 is 2.62 bits per heavy atom. The summed E-state index contributed by atoms with van der Waals surface area (Å²) >= 11 is 3.22. The Morgan fingerprint density at radius 1 is 1.21 bits per heavy atom. The van der Waals surface area contributed by atoms with Crippen molar-refractivity contribution < 1.29 is 4.79 Å². The fraction of sp³-hybridized carbons (Fsp3) is 0.263. The zero-order valence-corrected chi connectivity index (χ0v) is 15.6. The standard InChI is InChI=1S/C19H20N2OS2/c1-12(2)14-6-4-13(5-7-14)10-18(22)21-19-20-16-9-8-15(23-3)11-17(16)24-19/h4-9,11-12H,10H2,1-3H3,(H,20,21,22). The number of fused-ring (bicyclic) bond motifs is 1. The Morgan fingerprint density at radius 2 is 1.96 bits per heavy atom. The second-order valence-corrected chi connectivity index (χ2v) is 7.88. The van der Waals surface area contributed by atoms with Gasteiger partial charge in [0.15, 0.2) is 5.13 Å². The number of amides is 1. The van der Waals surface area contributed by atoms with Crippen molar-refractivity contribution in [1.82, 2.24) is 4.98 Å². The lowest BCUT2D eigenvalue weighted by Crippen LogP contribution is -2.14. The summed E-state index contributed by atoms with van der Waals surface area (Å²) < 4.78 is 1.10. The van der Waals surface area contributed by atoms with Crippen LogP contribution >= 0.6 is 23.1 Å². The fourth-order valence-corrected chi connectivity index (χ4v) is 3.89. The maximum absolute atomic E-state index is 12.3. The first-order valence-corrected chi connectivity index (χ1v) is 9.92. The third kappa shape index (κ3) is 3.97. The van der Waals surface area contributed by atoms with Crippen LogP contribution in [0.4, 0.5) is 5.13 Å². The number of thiazole rings is 1. The summed E-state index contributed by atoms with van der Waals surface area (Å²) in [6.45, 7) is 4.33. The minimum absolute atomic E-state index is 0.0311. The molecule has 0 aliphatic carbocycles. The van der Waals surface area contributed by atoms with Crippen molar-refractivity contribution in [2.45, 2.75) is 31.1 Å². The highest BCUT2D eigenvalue weighted by molar-refractivity contribution is 7.98. The molecular weight excluding hydrogens is 336 g/mol. The number of anilines is 1. The smallest absolute Gasteiger partial charge is 0.230 e. The van der Waals surface area contributed by atoms with Gasteiger partial charge < -0.3 is 5.32 Å². The molecule has 3 aromatic rings. The van der Waals surface area contributed by atoms with Gasteiger partial charge in [-0.2, -0.15) is 0 Å². The van der Waals surface area contributed by atoms with Gasteiger partial charge in [-0.25, -0.2) is 4.98 Å². The molecule has 0 spiro atoms. The van der Waals surface area contributed by atoms with Crippen LogP contribution in [0.25, 0.3) is 10.2 Å². The maximum atomic E-state index is 12.3. The van der Waals surface area contributed by atoms with E-state index in [9.17, 15) is 4.79 Å². The van der Waals surface area contributed by atoms with Crippen molar-refractivity contribution in [3.05, 3.63) is 53.6 Å². The molecule has 3 rings (SSSR count). The quantitative estimate of drug-likeness (QED) is 0.629.